The van der Waals surface area contributed by atoms with Crippen LogP contribution in [0.1, 0.15) is 16.9 Å². The van der Waals surface area contributed by atoms with E-state index >= 15 is 0 Å². The van der Waals surface area contributed by atoms with E-state index in [1.165, 1.54) is 12.3 Å². The Hall–Kier alpha value is -3.05. The molecular weight excluding hydrogens is 402 g/mol. The molecule has 1 amide bonds. The maximum atomic E-state index is 14.0. The summed E-state index contributed by atoms with van der Waals surface area (Å²) in [5.41, 5.74) is 5.89. The molecule has 0 spiro atoms. The maximum absolute atomic E-state index is 14.0. The Morgan fingerprint density at radius 3 is 2.76 bits per heavy atom. The van der Waals surface area contributed by atoms with E-state index in [1.54, 1.807) is 11.7 Å². The number of aliphatic hydroxyl groups is 1. The second kappa shape index (κ2) is 7.41. The monoisotopic (exact) mass is 420 g/mol. The third-order valence-electron chi connectivity index (χ3n) is 4.66. The molecular formula is C18H18F2N6O2S. The second-order valence-corrected chi connectivity index (χ2v) is 7.71. The number of hydrogen-bond donors (Lipinski definition) is 3. The molecule has 3 heterocycles. The van der Waals surface area contributed by atoms with Crippen molar-refractivity contribution in [3.8, 4) is 10.6 Å². The zero-order chi connectivity index (χ0) is 20.7. The van der Waals surface area contributed by atoms with Crippen molar-refractivity contribution in [1.82, 2.24) is 14.8 Å². The summed E-state index contributed by atoms with van der Waals surface area (Å²) in [6.45, 7) is 1.05. The molecule has 0 unspecified atom stereocenters. The Labute approximate surface area is 168 Å². The van der Waals surface area contributed by atoms with Gasteiger partial charge in [0.2, 0.25) is 0 Å². The predicted molar refractivity (Wildman–Crippen MR) is 106 cm³/mol. The number of nitrogens with two attached hydrogens (primary N) is 1. The summed E-state index contributed by atoms with van der Waals surface area (Å²) in [7, 11) is 1.73. The van der Waals surface area contributed by atoms with Crippen LogP contribution in [0, 0.1) is 11.6 Å². The first-order chi connectivity index (χ1) is 13.8. The summed E-state index contributed by atoms with van der Waals surface area (Å²) >= 11 is 0.831. The molecule has 4 rings (SSSR count). The SMILES string of the molecule is Cn1ncc(NC(=O)c2nc(-c3c(F)cccc3F)sc2N)c1N1CC[C@H](O)C1. The highest BCUT2D eigenvalue weighted by Crippen LogP contribution is 2.34. The number of aromatic nitrogens is 3. The highest BCUT2D eigenvalue weighted by atomic mass is 32.1. The van der Waals surface area contributed by atoms with Crippen LogP contribution < -0.4 is 16.0 Å². The number of nitrogen functional groups attached to an aromatic ring is 1. The average Bonchev–Trinajstić information content (AvgIpc) is 3.34. The van der Waals surface area contributed by atoms with E-state index in [9.17, 15) is 18.7 Å². The first kappa shape index (κ1) is 19.3. The van der Waals surface area contributed by atoms with Gasteiger partial charge in [-0.25, -0.2) is 13.8 Å². The number of rotatable bonds is 4. The van der Waals surface area contributed by atoms with Gasteiger partial charge in [-0.1, -0.05) is 17.4 Å². The van der Waals surface area contributed by atoms with Crippen LogP contribution in [-0.4, -0.2) is 45.0 Å². The Balaban J connectivity index is 1.62. The number of anilines is 3. The van der Waals surface area contributed by atoms with Crippen molar-refractivity contribution >= 4 is 33.8 Å². The molecule has 0 saturated carbocycles. The van der Waals surface area contributed by atoms with Gasteiger partial charge in [-0.2, -0.15) is 5.10 Å². The minimum Gasteiger partial charge on any atom is -0.391 e. The summed E-state index contributed by atoms with van der Waals surface area (Å²) in [6.07, 6.45) is 1.66. The molecule has 1 aliphatic rings. The molecule has 4 N–H and O–H groups in total. The fourth-order valence-corrected chi connectivity index (χ4v) is 4.19. The highest BCUT2D eigenvalue weighted by molar-refractivity contribution is 7.19. The molecule has 0 aliphatic carbocycles. The number of thiazole rings is 1. The van der Waals surface area contributed by atoms with Crippen LogP contribution in [0.4, 0.5) is 25.3 Å². The lowest BCUT2D eigenvalue weighted by molar-refractivity contribution is 0.102. The molecule has 3 aromatic rings. The first-order valence-electron chi connectivity index (χ1n) is 8.82. The van der Waals surface area contributed by atoms with E-state index in [0.717, 1.165) is 23.5 Å². The molecule has 0 bridgehead atoms. The number of carbonyl (C=O) groups excluding carboxylic acids is 1. The van der Waals surface area contributed by atoms with Crippen LogP contribution in [-0.2, 0) is 7.05 Å². The third-order valence-corrected chi connectivity index (χ3v) is 5.57. The van der Waals surface area contributed by atoms with E-state index in [4.69, 9.17) is 5.73 Å². The maximum Gasteiger partial charge on any atom is 0.277 e. The fraction of sp³-hybridized carbons (Fsp3) is 0.278. The van der Waals surface area contributed by atoms with Crippen molar-refractivity contribution < 1.29 is 18.7 Å². The summed E-state index contributed by atoms with van der Waals surface area (Å²) in [5, 5.41) is 16.7. The number of carbonyl (C=O) groups is 1. The quantitative estimate of drug-likeness (QED) is 0.597. The largest absolute Gasteiger partial charge is 0.391 e. The van der Waals surface area contributed by atoms with E-state index in [1.807, 2.05) is 4.90 Å². The normalized spacial score (nSPS) is 16.4. The molecule has 1 atom stereocenters. The number of nitrogens with zero attached hydrogens (tertiary/aromatic N) is 4. The molecule has 1 aliphatic heterocycles. The zero-order valence-electron chi connectivity index (χ0n) is 15.4. The first-order valence-corrected chi connectivity index (χ1v) is 9.64. The Kier molecular flexibility index (Phi) is 4.92. The van der Waals surface area contributed by atoms with Crippen LogP contribution in [0.25, 0.3) is 10.6 Å². The summed E-state index contributed by atoms with van der Waals surface area (Å²) in [6, 6.07) is 3.47. The number of β-amino-alcohol motifs (C(OH)–C–C–N with tert-alkyl or cyclic N) is 1. The highest BCUT2D eigenvalue weighted by Gasteiger charge is 2.27. The van der Waals surface area contributed by atoms with Gasteiger partial charge < -0.3 is 21.1 Å². The van der Waals surface area contributed by atoms with Gasteiger partial charge in [0.15, 0.2) is 11.5 Å². The predicted octanol–water partition coefficient (Wildman–Crippen LogP) is 2.23. The second-order valence-electron chi connectivity index (χ2n) is 6.68. The van der Waals surface area contributed by atoms with E-state index in [0.29, 0.717) is 31.0 Å². The van der Waals surface area contributed by atoms with E-state index in [2.05, 4.69) is 15.4 Å². The van der Waals surface area contributed by atoms with Crippen molar-refractivity contribution in [2.75, 3.05) is 29.0 Å². The summed E-state index contributed by atoms with van der Waals surface area (Å²) < 4.78 is 29.7. The molecule has 0 radical (unpaired) electrons. The number of hydrogen-bond acceptors (Lipinski definition) is 7. The number of aliphatic hydroxyl groups excluding tert-OH is 1. The van der Waals surface area contributed by atoms with Crippen molar-refractivity contribution in [2.24, 2.45) is 7.05 Å². The third kappa shape index (κ3) is 3.54. The van der Waals surface area contributed by atoms with Crippen molar-refractivity contribution in [3.05, 3.63) is 41.7 Å². The van der Waals surface area contributed by atoms with Gasteiger partial charge in [-0.3, -0.25) is 9.48 Å². The van der Waals surface area contributed by atoms with Crippen LogP contribution in [0.5, 0.6) is 0 Å². The molecule has 2 aromatic heterocycles. The lowest BCUT2D eigenvalue weighted by Crippen LogP contribution is -2.25. The lowest BCUT2D eigenvalue weighted by atomic mass is 10.2. The van der Waals surface area contributed by atoms with Gasteiger partial charge >= 0.3 is 0 Å². The Morgan fingerprint density at radius 2 is 2.10 bits per heavy atom. The zero-order valence-corrected chi connectivity index (χ0v) is 16.2. The molecule has 29 heavy (non-hydrogen) atoms. The van der Waals surface area contributed by atoms with Gasteiger partial charge in [0.25, 0.3) is 5.91 Å². The van der Waals surface area contributed by atoms with Gasteiger partial charge in [-0.15, -0.1) is 0 Å². The molecule has 8 nitrogen and oxygen atoms in total. The van der Waals surface area contributed by atoms with Gasteiger partial charge in [0.1, 0.15) is 27.3 Å². The number of halogens is 2. The Bertz CT molecular complexity index is 1060. The van der Waals surface area contributed by atoms with Crippen LogP contribution >= 0.6 is 11.3 Å². The van der Waals surface area contributed by atoms with Crippen molar-refractivity contribution in [3.63, 3.8) is 0 Å². The van der Waals surface area contributed by atoms with Gasteiger partial charge in [-0.05, 0) is 18.6 Å². The van der Waals surface area contributed by atoms with E-state index in [-0.39, 0.29) is 21.3 Å². The minimum atomic E-state index is -0.784. The number of nitrogens with one attached hydrogen (secondary N) is 1. The van der Waals surface area contributed by atoms with Gasteiger partial charge in [0.05, 0.1) is 17.9 Å². The standard InChI is InChI=1S/C18H18F2N6O2S/c1-25-18(26-6-5-9(27)8-26)12(7-22-25)23-16(28)14-15(21)29-17(24-14)13-10(19)3-2-4-11(13)20/h2-4,7,9,27H,5-6,8,21H2,1H3,(H,23,28)/t9-/m0/s1. The van der Waals surface area contributed by atoms with E-state index < -0.39 is 23.6 Å². The van der Waals surface area contributed by atoms with Crippen LogP contribution in [0.3, 0.4) is 0 Å². The lowest BCUT2D eigenvalue weighted by Gasteiger charge is -2.19. The van der Waals surface area contributed by atoms with Crippen LogP contribution in [0.15, 0.2) is 24.4 Å². The summed E-state index contributed by atoms with van der Waals surface area (Å²) in [5.74, 6) is -1.54. The molecule has 1 aromatic carbocycles. The molecule has 152 valence electrons. The van der Waals surface area contributed by atoms with Crippen molar-refractivity contribution in [1.29, 1.82) is 0 Å². The topological polar surface area (TPSA) is 109 Å². The van der Waals surface area contributed by atoms with Crippen molar-refractivity contribution in [2.45, 2.75) is 12.5 Å². The van der Waals surface area contributed by atoms with Gasteiger partial charge in [0, 0.05) is 20.1 Å². The molecule has 11 heteroatoms. The number of benzene rings is 1. The minimum absolute atomic E-state index is 0.0164. The summed E-state index contributed by atoms with van der Waals surface area (Å²) in [4.78, 5) is 18.7. The number of aryl methyl sites for hydroxylation is 1. The Morgan fingerprint density at radius 1 is 1.38 bits per heavy atom. The molecule has 1 saturated heterocycles. The average molecular weight is 420 g/mol. The smallest absolute Gasteiger partial charge is 0.277 e. The number of amides is 1. The molecule has 1 fully saturated rings. The fourth-order valence-electron chi connectivity index (χ4n) is 3.31. The van der Waals surface area contributed by atoms with Crippen LogP contribution in [0.2, 0.25) is 0 Å².